The van der Waals surface area contributed by atoms with Gasteiger partial charge >= 0.3 is 0 Å². The highest BCUT2D eigenvalue weighted by molar-refractivity contribution is 9.10. The van der Waals surface area contributed by atoms with Crippen LogP contribution in [0.15, 0.2) is 91.8 Å². The molecule has 35 heavy (non-hydrogen) atoms. The Morgan fingerprint density at radius 2 is 1.60 bits per heavy atom. The van der Waals surface area contributed by atoms with Gasteiger partial charge in [0.25, 0.3) is 5.91 Å². The molecule has 0 saturated heterocycles. The number of nitrogens with one attached hydrogen (secondary N) is 1. The summed E-state index contributed by atoms with van der Waals surface area (Å²) in [5.41, 5.74) is 6.56. The van der Waals surface area contributed by atoms with Gasteiger partial charge in [-0.3, -0.25) is 4.79 Å². The van der Waals surface area contributed by atoms with Gasteiger partial charge in [0.1, 0.15) is 11.5 Å². The first-order valence-electron chi connectivity index (χ1n) is 10.6. The molecule has 174 valence electrons. The number of hydrogen-bond donors (Lipinski definition) is 2. The molecule has 3 aromatic carbocycles. The molecule has 8 heteroatoms. The molecule has 0 bridgehead atoms. The smallest absolute Gasteiger partial charge is 0.277 e. The van der Waals surface area contributed by atoms with Crippen molar-refractivity contribution < 1.29 is 14.6 Å². The standard InChI is InChI=1S/C27H19BrN2O3S2/c28-22-3-1-19-12-23(4-2-18(19)11-22)33-14-26(31)30-29-13-17-9-24(20-5-7-34-15-20)27(32)25(10-17)21-6-8-35-16-21/h1-13,15-16,32H,14H2,(H,30,31)/b29-13+. The van der Waals surface area contributed by atoms with Gasteiger partial charge in [-0.05, 0) is 97.5 Å². The van der Waals surface area contributed by atoms with Gasteiger partial charge < -0.3 is 9.84 Å². The summed E-state index contributed by atoms with van der Waals surface area (Å²) in [6, 6.07) is 19.3. The van der Waals surface area contributed by atoms with Crippen molar-refractivity contribution in [1.29, 1.82) is 0 Å². The van der Waals surface area contributed by atoms with Crippen LogP contribution in [-0.2, 0) is 4.79 Å². The fourth-order valence-electron chi connectivity index (χ4n) is 3.65. The first kappa shape index (κ1) is 23.3. The Bertz CT molecular complexity index is 1460. The van der Waals surface area contributed by atoms with Crippen molar-refractivity contribution >= 4 is 61.5 Å². The first-order valence-corrected chi connectivity index (χ1v) is 13.3. The molecule has 0 atom stereocenters. The van der Waals surface area contributed by atoms with Crippen molar-refractivity contribution in [3.8, 4) is 33.8 Å². The van der Waals surface area contributed by atoms with Crippen LogP contribution < -0.4 is 10.2 Å². The van der Waals surface area contributed by atoms with Crippen LogP contribution in [0.3, 0.4) is 0 Å². The fraction of sp³-hybridized carbons (Fsp3) is 0.0370. The first-order chi connectivity index (χ1) is 17.1. The second-order valence-electron chi connectivity index (χ2n) is 7.72. The number of fused-ring (bicyclic) bond motifs is 1. The predicted octanol–water partition coefficient (Wildman–Crippen LogP) is 7.29. The number of amides is 1. The van der Waals surface area contributed by atoms with E-state index >= 15 is 0 Å². The van der Waals surface area contributed by atoms with Crippen molar-refractivity contribution in [2.45, 2.75) is 0 Å². The SMILES string of the molecule is O=C(COc1ccc2cc(Br)ccc2c1)N/N=C/c1cc(-c2ccsc2)c(O)c(-c2ccsc2)c1. The number of phenolic OH excluding ortho intramolecular Hbond substituents is 1. The maximum atomic E-state index is 12.3. The van der Waals surface area contributed by atoms with Gasteiger partial charge in [0.05, 0.1) is 6.21 Å². The van der Waals surface area contributed by atoms with Gasteiger partial charge in [-0.25, -0.2) is 5.43 Å². The lowest BCUT2D eigenvalue weighted by molar-refractivity contribution is -0.123. The summed E-state index contributed by atoms with van der Waals surface area (Å²) in [7, 11) is 0. The van der Waals surface area contributed by atoms with Gasteiger partial charge in [0.15, 0.2) is 6.61 Å². The van der Waals surface area contributed by atoms with Gasteiger partial charge in [-0.1, -0.05) is 28.1 Å². The molecular formula is C27H19BrN2O3S2. The average Bonchev–Trinajstić information content (AvgIpc) is 3.58. The van der Waals surface area contributed by atoms with Crippen molar-refractivity contribution in [3.63, 3.8) is 0 Å². The lowest BCUT2D eigenvalue weighted by Gasteiger charge is -2.10. The molecule has 2 N–H and O–H groups in total. The minimum absolute atomic E-state index is 0.157. The van der Waals surface area contributed by atoms with E-state index in [9.17, 15) is 9.90 Å². The molecule has 5 rings (SSSR count). The summed E-state index contributed by atoms with van der Waals surface area (Å²) in [5.74, 6) is 0.462. The quantitative estimate of drug-likeness (QED) is 0.161. The fourth-order valence-corrected chi connectivity index (χ4v) is 5.34. The van der Waals surface area contributed by atoms with Crippen LogP contribution in [0.1, 0.15) is 5.56 Å². The van der Waals surface area contributed by atoms with Crippen LogP contribution in [0.2, 0.25) is 0 Å². The van der Waals surface area contributed by atoms with E-state index in [2.05, 4.69) is 26.5 Å². The van der Waals surface area contributed by atoms with E-state index in [1.807, 2.05) is 82.2 Å². The molecule has 0 spiro atoms. The highest BCUT2D eigenvalue weighted by Gasteiger charge is 2.14. The number of ether oxygens (including phenoxy) is 1. The third-order valence-corrected chi connectivity index (χ3v) is 7.20. The molecule has 5 nitrogen and oxygen atoms in total. The largest absolute Gasteiger partial charge is 0.507 e. The Kier molecular flexibility index (Phi) is 6.94. The molecule has 0 aliphatic carbocycles. The Hall–Kier alpha value is -3.46. The van der Waals surface area contributed by atoms with E-state index in [0.29, 0.717) is 5.75 Å². The van der Waals surface area contributed by atoms with E-state index in [1.165, 1.54) is 0 Å². The Morgan fingerprint density at radius 1 is 0.943 bits per heavy atom. The zero-order chi connectivity index (χ0) is 24.2. The highest BCUT2D eigenvalue weighted by Crippen LogP contribution is 2.40. The maximum Gasteiger partial charge on any atom is 0.277 e. The lowest BCUT2D eigenvalue weighted by atomic mass is 9.97. The van der Waals surface area contributed by atoms with Crippen LogP contribution >= 0.6 is 38.6 Å². The highest BCUT2D eigenvalue weighted by atomic mass is 79.9. The van der Waals surface area contributed by atoms with Crippen molar-refractivity contribution in [1.82, 2.24) is 5.43 Å². The van der Waals surface area contributed by atoms with Gasteiger partial charge in [0.2, 0.25) is 0 Å². The lowest BCUT2D eigenvalue weighted by Crippen LogP contribution is -2.24. The van der Waals surface area contributed by atoms with Crippen LogP contribution in [0.5, 0.6) is 11.5 Å². The zero-order valence-electron chi connectivity index (χ0n) is 18.3. The molecule has 0 unspecified atom stereocenters. The summed E-state index contributed by atoms with van der Waals surface area (Å²) in [6.45, 7) is -0.157. The van der Waals surface area contributed by atoms with Crippen molar-refractivity contribution in [2.75, 3.05) is 6.61 Å². The summed E-state index contributed by atoms with van der Waals surface area (Å²) >= 11 is 6.59. The third kappa shape index (κ3) is 5.45. The molecular weight excluding hydrogens is 544 g/mol. The van der Waals surface area contributed by atoms with E-state index in [1.54, 1.807) is 28.9 Å². The average molecular weight is 563 g/mol. The molecule has 2 heterocycles. The maximum absolute atomic E-state index is 12.3. The number of thiophene rings is 2. The molecule has 2 aromatic heterocycles. The monoisotopic (exact) mass is 562 g/mol. The van der Waals surface area contributed by atoms with Gasteiger partial charge in [0, 0.05) is 15.6 Å². The third-order valence-electron chi connectivity index (χ3n) is 5.34. The number of carbonyl (C=O) groups excluding carboxylic acids is 1. The molecule has 0 aliphatic rings. The van der Waals surface area contributed by atoms with E-state index in [4.69, 9.17) is 4.74 Å². The number of hydrazone groups is 1. The minimum atomic E-state index is -0.368. The van der Waals surface area contributed by atoms with Gasteiger partial charge in [-0.15, -0.1) is 0 Å². The molecule has 0 radical (unpaired) electrons. The van der Waals surface area contributed by atoms with E-state index < -0.39 is 0 Å². The van der Waals surface area contributed by atoms with E-state index in [0.717, 1.165) is 43.1 Å². The van der Waals surface area contributed by atoms with Crippen LogP contribution in [-0.4, -0.2) is 23.8 Å². The topological polar surface area (TPSA) is 70.9 Å². The summed E-state index contributed by atoms with van der Waals surface area (Å²) in [6.07, 6.45) is 1.57. The number of halogens is 1. The molecule has 1 amide bonds. The Balaban J connectivity index is 1.28. The van der Waals surface area contributed by atoms with Gasteiger partial charge in [-0.2, -0.15) is 27.8 Å². The summed E-state index contributed by atoms with van der Waals surface area (Å²) in [5, 5.41) is 25.0. The zero-order valence-corrected chi connectivity index (χ0v) is 21.5. The number of phenols is 1. The van der Waals surface area contributed by atoms with E-state index in [-0.39, 0.29) is 18.3 Å². The van der Waals surface area contributed by atoms with Crippen LogP contribution in [0.4, 0.5) is 0 Å². The van der Waals surface area contributed by atoms with Crippen LogP contribution in [0.25, 0.3) is 33.0 Å². The van der Waals surface area contributed by atoms with Crippen molar-refractivity contribution in [3.05, 3.63) is 92.2 Å². The Labute approximate surface area is 218 Å². The van der Waals surface area contributed by atoms with Crippen molar-refractivity contribution in [2.24, 2.45) is 5.10 Å². The second-order valence-corrected chi connectivity index (χ2v) is 10.2. The summed E-state index contributed by atoms with van der Waals surface area (Å²) < 4.78 is 6.64. The summed E-state index contributed by atoms with van der Waals surface area (Å²) in [4.78, 5) is 12.3. The number of carbonyl (C=O) groups is 1. The number of rotatable bonds is 7. The molecule has 5 aromatic rings. The number of nitrogens with zero attached hydrogens (tertiary/aromatic N) is 1. The molecule has 0 saturated carbocycles. The number of aromatic hydroxyl groups is 1. The van der Waals surface area contributed by atoms with Crippen LogP contribution in [0, 0.1) is 0 Å². The molecule has 0 aliphatic heterocycles. The number of hydrogen-bond acceptors (Lipinski definition) is 6. The molecule has 0 fully saturated rings. The number of benzene rings is 3. The predicted molar refractivity (Wildman–Crippen MR) is 148 cm³/mol. The normalized spacial score (nSPS) is 11.2. The minimum Gasteiger partial charge on any atom is -0.507 e. The Morgan fingerprint density at radius 3 is 2.26 bits per heavy atom. The second kappa shape index (κ2) is 10.4.